The van der Waals surface area contributed by atoms with Gasteiger partial charge in [-0.25, -0.2) is 0 Å². The molecular weight excluding hydrogens is 538 g/mol. The van der Waals surface area contributed by atoms with Crippen LogP contribution in [0.3, 0.4) is 0 Å². The van der Waals surface area contributed by atoms with Crippen molar-refractivity contribution in [1.29, 1.82) is 0 Å². The molecule has 0 bridgehead atoms. The third-order valence-electron chi connectivity index (χ3n) is 12.0. The van der Waals surface area contributed by atoms with Gasteiger partial charge in [-0.2, -0.15) is 5.06 Å². The van der Waals surface area contributed by atoms with E-state index in [1.807, 2.05) is 0 Å². The highest BCUT2D eigenvalue weighted by atomic mass is 16.7. The maximum Gasteiger partial charge on any atom is 0.305 e. The zero-order valence-electron chi connectivity index (χ0n) is 29.7. The van der Waals surface area contributed by atoms with Crippen molar-refractivity contribution < 1.29 is 24.2 Å². The van der Waals surface area contributed by atoms with Crippen LogP contribution in [-0.4, -0.2) is 52.9 Å². The Morgan fingerprint density at radius 3 is 1.47 bits per heavy atom. The molecule has 6 nitrogen and oxygen atoms in total. The molecule has 254 valence electrons. The van der Waals surface area contributed by atoms with Gasteiger partial charge in [-0.05, 0) is 39.5 Å². The molecule has 1 N–H and O–H groups in total. The molecule has 1 spiro atoms. The molecule has 0 aromatic heterocycles. The second kappa shape index (κ2) is 18.5. The summed E-state index contributed by atoms with van der Waals surface area (Å²) >= 11 is 0. The van der Waals surface area contributed by atoms with Crippen molar-refractivity contribution in [3.8, 4) is 0 Å². The van der Waals surface area contributed by atoms with Gasteiger partial charge in [0.25, 0.3) is 0 Å². The second-order valence-corrected chi connectivity index (χ2v) is 14.7. The summed E-state index contributed by atoms with van der Waals surface area (Å²) in [5.74, 6) is -0.958. The monoisotopic (exact) mass is 610 g/mol. The molecule has 6 heteroatoms. The van der Waals surface area contributed by atoms with E-state index in [0.717, 1.165) is 32.1 Å². The van der Waals surface area contributed by atoms with E-state index < -0.39 is 16.9 Å². The van der Waals surface area contributed by atoms with Gasteiger partial charge in [0.15, 0.2) is 5.79 Å². The molecule has 2 fully saturated rings. The van der Waals surface area contributed by atoms with Crippen molar-refractivity contribution in [3.63, 3.8) is 0 Å². The summed E-state index contributed by atoms with van der Waals surface area (Å²) in [5, 5.41) is 13.0. The van der Waals surface area contributed by atoms with Crippen LogP contribution >= 0.6 is 0 Å². The maximum absolute atomic E-state index is 12.6. The molecule has 2 rings (SSSR count). The second-order valence-electron chi connectivity index (χ2n) is 14.7. The van der Waals surface area contributed by atoms with Crippen LogP contribution in [0.1, 0.15) is 177 Å². The minimum atomic E-state index is -0.786. The van der Waals surface area contributed by atoms with Gasteiger partial charge in [0.2, 0.25) is 0 Å². The van der Waals surface area contributed by atoms with Crippen LogP contribution in [0.2, 0.25) is 0 Å². The van der Waals surface area contributed by atoms with Crippen LogP contribution in [0.4, 0.5) is 0 Å². The van der Waals surface area contributed by atoms with Gasteiger partial charge >= 0.3 is 5.97 Å². The molecule has 43 heavy (non-hydrogen) atoms. The number of nitrogens with zero attached hydrogens (tertiary/aromatic N) is 1. The normalized spacial score (nSPS) is 33.2. The van der Waals surface area contributed by atoms with Crippen LogP contribution in [-0.2, 0) is 19.0 Å². The number of hydrogen-bond donors (Lipinski definition) is 1. The summed E-state index contributed by atoms with van der Waals surface area (Å²) in [6.45, 7) is 18.5. The Morgan fingerprint density at radius 1 is 0.698 bits per heavy atom. The first-order chi connectivity index (χ1) is 20.5. The number of ether oxygens (including phenoxy) is 3. The first-order valence-corrected chi connectivity index (χ1v) is 18.4. The molecule has 2 aliphatic rings. The van der Waals surface area contributed by atoms with Gasteiger partial charge in [-0.3, -0.25) is 4.79 Å². The molecule has 2 heterocycles. The number of rotatable bonds is 21. The summed E-state index contributed by atoms with van der Waals surface area (Å²) in [6.07, 6.45) is 22.7. The Labute approximate surface area is 266 Å². The quantitative estimate of drug-likeness (QED) is 0.103. The minimum Gasteiger partial charge on any atom is -0.465 e. The summed E-state index contributed by atoms with van der Waals surface area (Å²) in [4.78, 5) is 12.6. The highest BCUT2D eigenvalue weighted by Crippen LogP contribution is 2.56. The van der Waals surface area contributed by atoms with Crippen molar-refractivity contribution in [3.05, 3.63) is 0 Å². The molecule has 0 amide bonds. The van der Waals surface area contributed by atoms with Gasteiger partial charge in [0, 0.05) is 18.3 Å². The van der Waals surface area contributed by atoms with Crippen molar-refractivity contribution in [2.45, 2.75) is 194 Å². The molecule has 2 aliphatic heterocycles. The van der Waals surface area contributed by atoms with E-state index in [1.165, 1.54) is 83.5 Å². The summed E-state index contributed by atoms with van der Waals surface area (Å²) in [5.41, 5.74) is -1.27. The lowest BCUT2D eigenvalue weighted by Crippen LogP contribution is -2.77. The lowest BCUT2D eigenvalue weighted by Gasteiger charge is -2.66. The van der Waals surface area contributed by atoms with Crippen molar-refractivity contribution >= 4 is 5.97 Å². The van der Waals surface area contributed by atoms with Gasteiger partial charge in [-0.1, -0.05) is 131 Å². The topological polar surface area (TPSA) is 68.2 Å². The maximum atomic E-state index is 12.6. The largest absolute Gasteiger partial charge is 0.465 e. The first-order valence-electron chi connectivity index (χ1n) is 18.4. The highest BCUT2D eigenvalue weighted by molar-refractivity contribution is 5.69. The third kappa shape index (κ3) is 9.66. The minimum absolute atomic E-state index is 0.0351. The molecule has 0 aromatic carbocycles. The standard InChI is InChI=1S/C37H71NO5/c1-9-13-14-15-16-17-18-19-20-21-22-23-24-25-26-27-33(39)41-28-36(12-4)29-42-37(43-30-36)31(5)34(7,10-2)38(40)35(8,11-3)32(37)6/h31-32,40H,9-30H2,1-8H3. The Bertz CT molecular complexity index is 755. The molecule has 2 saturated heterocycles. The fraction of sp³-hybridized carbons (Fsp3) is 0.973. The SMILES string of the molecule is CCCCCCCCCCCCCCCCCC(=O)OCC1(CC)COC2(OC1)C(C)C(C)(CC)N(O)C(C)(CC)C2C. The Kier molecular flexibility index (Phi) is 16.5. The Hall–Kier alpha value is -0.690. The van der Waals surface area contributed by atoms with Crippen LogP contribution in [0.15, 0.2) is 0 Å². The van der Waals surface area contributed by atoms with Crippen molar-refractivity contribution in [2.75, 3.05) is 19.8 Å². The predicted molar refractivity (Wildman–Crippen MR) is 177 cm³/mol. The summed E-state index contributed by atoms with van der Waals surface area (Å²) in [7, 11) is 0. The van der Waals surface area contributed by atoms with Crippen LogP contribution in [0.5, 0.6) is 0 Å². The first kappa shape index (κ1) is 38.5. The van der Waals surface area contributed by atoms with E-state index in [9.17, 15) is 10.0 Å². The van der Waals surface area contributed by atoms with Gasteiger partial charge in [-0.15, -0.1) is 0 Å². The number of unbranched alkanes of at least 4 members (excludes halogenated alkanes) is 14. The lowest BCUT2D eigenvalue weighted by atomic mass is 9.61. The van der Waals surface area contributed by atoms with Crippen molar-refractivity contribution in [1.82, 2.24) is 5.06 Å². The fourth-order valence-electron chi connectivity index (χ4n) is 7.56. The van der Waals surface area contributed by atoms with E-state index in [0.29, 0.717) is 26.2 Å². The number of esters is 1. The van der Waals surface area contributed by atoms with Crippen LogP contribution in [0.25, 0.3) is 0 Å². The summed E-state index contributed by atoms with van der Waals surface area (Å²) in [6, 6.07) is 0. The van der Waals surface area contributed by atoms with E-state index >= 15 is 0 Å². The number of carbonyl (C=O) groups is 1. The van der Waals surface area contributed by atoms with E-state index in [4.69, 9.17) is 14.2 Å². The predicted octanol–water partition coefficient (Wildman–Crippen LogP) is 10.2. The van der Waals surface area contributed by atoms with Gasteiger partial charge in [0.1, 0.15) is 6.61 Å². The zero-order valence-corrected chi connectivity index (χ0v) is 29.7. The number of hydrogen-bond acceptors (Lipinski definition) is 6. The number of piperidine rings is 1. The molecule has 4 atom stereocenters. The Morgan fingerprint density at radius 2 is 1.09 bits per heavy atom. The van der Waals surface area contributed by atoms with E-state index in [2.05, 4.69) is 55.4 Å². The van der Waals surface area contributed by atoms with E-state index in [1.54, 1.807) is 5.06 Å². The smallest absolute Gasteiger partial charge is 0.305 e. The molecule has 4 unspecified atom stereocenters. The zero-order chi connectivity index (χ0) is 32.0. The number of hydroxylamine groups is 2. The average molecular weight is 610 g/mol. The molecule has 0 aromatic rings. The Balaban J connectivity index is 1.67. The van der Waals surface area contributed by atoms with Crippen LogP contribution in [0, 0.1) is 17.3 Å². The fourth-order valence-corrected chi connectivity index (χ4v) is 7.56. The third-order valence-corrected chi connectivity index (χ3v) is 12.0. The van der Waals surface area contributed by atoms with E-state index in [-0.39, 0.29) is 23.2 Å². The average Bonchev–Trinajstić information content (AvgIpc) is 3.03. The lowest BCUT2D eigenvalue weighted by molar-refractivity contribution is -0.425. The molecular formula is C37H71NO5. The van der Waals surface area contributed by atoms with Crippen molar-refractivity contribution in [2.24, 2.45) is 17.3 Å². The van der Waals surface area contributed by atoms with Gasteiger partial charge < -0.3 is 19.4 Å². The molecule has 0 saturated carbocycles. The molecule has 0 radical (unpaired) electrons. The summed E-state index contributed by atoms with van der Waals surface area (Å²) < 4.78 is 19.3. The molecule has 0 aliphatic carbocycles. The van der Waals surface area contributed by atoms with Gasteiger partial charge in [0.05, 0.1) is 29.7 Å². The number of carbonyl (C=O) groups excluding carboxylic acids is 1. The highest BCUT2D eigenvalue weighted by Gasteiger charge is 2.67. The van der Waals surface area contributed by atoms with Crippen LogP contribution < -0.4 is 0 Å².